The van der Waals surface area contributed by atoms with Gasteiger partial charge in [-0.25, -0.2) is 4.98 Å². The molecule has 0 radical (unpaired) electrons. The number of nitrogens with one attached hydrogen (secondary N) is 1. The minimum Gasteiger partial charge on any atom is -0.342 e. The summed E-state index contributed by atoms with van der Waals surface area (Å²) in [4.78, 5) is 30.3. The molecule has 1 fully saturated rings. The predicted molar refractivity (Wildman–Crippen MR) is 81.6 cm³/mol. The number of amides is 2. The van der Waals surface area contributed by atoms with E-state index in [2.05, 4.69) is 10.3 Å². The predicted octanol–water partition coefficient (Wildman–Crippen LogP) is 2.30. The number of anilines is 1. The molecule has 0 bridgehead atoms. The fourth-order valence-electron chi connectivity index (χ4n) is 2.48. The maximum absolute atomic E-state index is 12.2. The molecule has 0 unspecified atom stereocenters. The van der Waals surface area contributed by atoms with Gasteiger partial charge in [0.1, 0.15) is 5.82 Å². The molecule has 0 aliphatic carbocycles. The Morgan fingerprint density at radius 3 is 2.43 bits per heavy atom. The highest BCUT2D eigenvalue weighted by Gasteiger charge is 2.32. The number of pyridine rings is 1. The number of aromatic nitrogens is 1. The van der Waals surface area contributed by atoms with Crippen molar-refractivity contribution in [3.63, 3.8) is 0 Å². The maximum atomic E-state index is 12.2. The Balaban J connectivity index is 1.86. The largest absolute Gasteiger partial charge is 0.342 e. The molecule has 1 N–H and O–H groups in total. The van der Waals surface area contributed by atoms with Crippen molar-refractivity contribution in [1.82, 2.24) is 9.88 Å². The third-order valence-corrected chi connectivity index (χ3v) is 3.71. The maximum Gasteiger partial charge on any atom is 0.228 e. The molecule has 5 heteroatoms. The summed E-state index contributed by atoms with van der Waals surface area (Å²) in [7, 11) is 0. The van der Waals surface area contributed by atoms with Gasteiger partial charge < -0.3 is 10.2 Å². The zero-order valence-electron chi connectivity index (χ0n) is 12.9. The highest BCUT2D eigenvalue weighted by atomic mass is 16.2. The molecule has 1 aliphatic heterocycles. The Kier molecular flexibility index (Phi) is 4.60. The second kappa shape index (κ2) is 6.24. The van der Waals surface area contributed by atoms with Crippen LogP contribution < -0.4 is 5.32 Å². The lowest BCUT2D eigenvalue weighted by Crippen LogP contribution is -2.45. The summed E-state index contributed by atoms with van der Waals surface area (Å²) in [5.74, 6) is 0.689. The molecule has 1 aromatic rings. The summed E-state index contributed by atoms with van der Waals surface area (Å²) in [6.45, 7) is 7.08. The van der Waals surface area contributed by atoms with Gasteiger partial charge in [0.2, 0.25) is 11.8 Å². The zero-order chi connectivity index (χ0) is 15.5. The number of carbonyl (C=O) groups excluding carboxylic acids is 2. The fraction of sp³-hybridized carbons (Fsp3) is 0.562. The van der Waals surface area contributed by atoms with Gasteiger partial charge in [0, 0.05) is 30.6 Å². The second-order valence-corrected chi connectivity index (χ2v) is 6.52. The van der Waals surface area contributed by atoms with Crippen LogP contribution in [-0.2, 0) is 9.59 Å². The molecule has 2 amide bonds. The number of likely N-dealkylation sites (tertiary alicyclic amines) is 1. The van der Waals surface area contributed by atoms with E-state index in [4.69, 9.17) is 0 Å². The van der Waals surface area contributed by atoms with Crippen LogP contribution in [0.25, 0.3) is 0 Å². The Bertz CT molecular complexity index is 500. The van der Waals surface area contributed by atoms with Crippen LogP contribution in [0.15, 0.2) is 24.4 Å². The molecule has 1 aromatic heterocycles. The zero-order valence-corrected chi connectivity index (χ0v) is 12.9. The van der Waals surface area contributed by atoms with Gasteiger partial charge in [-0.15, -0.1) is 0 Å². The smallest absolute Gasteiger partial charge is 0.228 e. The van der Waals surface area contributed by atoms with E-state index >= 15 is 0 Å². The van der Waals surface area contributed by atoms with E-state index in [1.165, 1.54) is 0 Å². The van der Waals surface area contributed by atoms with Crippen molar-refractivity contribution in [2.24, 2.45) is 11.3 Å². The summed E-state index contributed by atoms with van der Waals surface area (Å²) in [6.07, 6.45) is 3.07. The number of hydrogen-bond donors (Lipinski definition) is 1. The third-order valence-electron chi connectivity index (χ3n) is 3.71. The van der Waals surface area contributed by atoms with Crippen molar-refractivity contribution < 1.29 is 9.59 Å². The first kappa shape index (κ1) is 15.5. The van der Waals surface area contributed by atoms with Crippen LogP contribution in [0.2, 0.25) is 0 Å². The molecule has 0 aromatic carbocycles. The number of carbonyl (C=O) groups is 2. The first-order valence-corrected chi connectivity index (χ1v) is 7.39. The van der Waals surface area contributed by atoms with Crippen LogP contribution in [0.4, 0.5) is 5.82 Å². The van der Waals surface area contributed by atoms with E-state index in [0.717, 1.165) is 0 Å². The van der Waals surface area contributed by atoms with Gasteiger partial charge in [-0.2, -0.15) is 0 Å². The van der Waals surface area contributed by atoms with Gasteiger partial charge in [-0.1, -0.05) is 26.8 Å². The average Bonchev–Trinajstić information content (AvgIpc) is 2.46. The Labute approximate surface area is 125 Å². The molecule has 1 saturated heterocycles. The van der Waals surface area contributed by atoms with Crippen LogP contribution in [0.5, 0.6) is 0 Å². The van der Waals surface area contributed by atoms with Crippen LogP contribution >= 0.6 is 0 Å². The normalized spacial score (nSPS) is 16.6. The van der Waals surface area contributed by atoms with Crippen LogP contribution in [0.3, 0.4) is 0 Å². The van der Waals surface area contributed by atoms with Gasteiger partial charge in [-0.05, 0) is 25.0 Å². The molecule has 0 atom stereocenters. The first-order chi connectivity index (χ1) is 9.88. The lowest BCUT2D eigenvalue weighted by molar-refractivity contribution is -0.142. The summed E-state index contributed by atoms with van der Waals surface area (Å²) >= 11 is 0. The highest BCUT2D eigenvalue weighted by Crippen LogP contribution is 2.24. The number of piperidine rings is 1. The molecule has 1 aliphatic rings. The summed E-state index contributed by atoms with van der Waals surface area (Å²) in [5, 5.41) is 2.83. The van der Waals surface area contributed by atoms with Crippen molar-refractivity contribution in [2.75, 3.05) is 18.4 Å². The molecular weight excluding hydrogens is 266 g/mol. The molecule has 0 spiro atoms. The Hall–Kier alpha value is -1.91. The van der Waals surface area contributed by atoms with Gasteiger partial charge >= 0.3 is 0 Å². The number of hydrogen-bond acceptors (Lipinski definition) is 3. The first-order valence-electron chi connectivity index (χ1n) is 7.39. The minimum absolute atomic E-state index is 0.00319. The molecule has 114 valence electrons. The van der Waals surface area contributed by atoms with E-state index in [-0.39, 0.29) is 23.1 Å². The molecular formula is C16H23N3O2. The summed E-state index contributed by atoms with van der Waals surface area (Å²) < 4.78 is 0. The Morgan fingerprint density at radius 2 is 1.90 bits per heavy atom. The lowest BCUT2D eigenvalue weighted by Gasteiger charge is -2.35. The van der Waals surface area contributed by atoms with Gasteiger partial charge in [0.15, 0.2) is 0 Å². The molecule has 2 rings (SSSR count). The molecule has 2 heterocycles. The van der Waals surface area contributed by atoms with Crippen molar-refractivity contribution in [1.29, 1.82) is 0 Å². The third kappa shape index (κ3) is 4.03. The van der Waals surface area contributed by atoms with Crippen LogP contribution in [0.1, 0.15) is 33.6 Å². The number of rotatable bonds is 2. The van der Waals surface area contributed by atoms with Crippen LogP contribution in [0, 0.1) is 11.3 Å². The van der Waals surface area contributed by atoms with Gasteiger partial charge in [0.05, 0.1) is 0 Å². The van der Waals surface area contributed by atoms with Crippen molar-refractivity contribution in [3.05, 3.63) is 24.4 Å². The fourth-order valence-corrected chi connectivity index (χ4v) is 2.48. The van der Waals surface area contributed by atoms with Crippen molar-refractivity contribution in [2.45, 2.75) is 33.6 Å². The van der Waals surface area contributed by atoms with E-state index in [9.17, 15) is 9.59 Å². The summed E-state index contributed by atoms with van der Waals surface area (Å²) in [6, 6.07) is 5.43. The minimum atomic E-state index is -0.358. The summed E-state index contributed by atoms with van der Waals surface area (Å²) in [5.41, 5.74) is -0.358. The van der Waals surface area contributed by atoms with Crippen molar-refractivity contribution >= 4 is 17.6 Å². The van der Waals surface area contributed by atoms with E-state index in [1.54, 1.807) is 12.3 Å². The topological polar surface area (TPSA) is 62.3 Å². The number of nitrogens with zero attached hydrogens (tertiary/aromatic N) is 2. The van der Waals surface area contributed by atoms with Gasteiger partial charge in [0.25, 0.3) is 0 Å². The van der Waals surface area contributed by atoms with Crippen LogP contribution in [-0.4, -0.2) is 34.8 Å². The van der Waals surface area contributed by atoms with E-state index < -0.39 is 0 Å². The lowest BCUT2D eigenvalue weighted by atomic mass is 9.90. The van der Waals surface area contributed by atoms with E-state index in [0.29, 0.717) is 31.7 Å². The Morgan fingerprint density at radius 1 is 1.24 bits per heavy atom. The SMILES string of the molecule is CC(C)(C)C(=O)N1CCC(C(=O)Nc2ccccn2)CC1. The highest BCUT2D eigenvalue weighted by molar-refractivity contribution is 5.92. The monoisotopic (exact) mass is 289 g/mol. The second-order valence-electron chi connectivity index (χ2n) is 6.52. The molecule has 0 saturated carbocycles. The molecule has 5 nitrogen and oxygen atoms in total. The van der Waals surface area contributed by atoms with E-state index in [1.807, 2.05) is 37.8 Å². The standard InChI is InChI=1S/C16H23N3O2/c1-16(2,3)15(21)19-10-7-12(8-11-19)14(20)18-13-6-4-5-9-17-13/h4-6,9,12H,7-8,10-11H2,1-3H3,(H,17,18,20). The van der Waals surface area contributed by atoms with Gasteiger partial charge in [-0.3, -0.25) is 9.59 Å². The van der Waals surface area contributed by atoms with Crippen molar-refractivity contribution in [3.8, 4) is 0 Å². The average molecular weight is 289 g/mol. The molecule has 21 heavy (non-hydrogen) atoms. The quantitative estimate of drug-likeness (QED) is 0.908.